The molecule has 0 spiro atoms. The Hall–Kier alpha value is -3.29. The number of hydrogen-bond acceptors (Lipinski definition) is 4. The van der Waals surface area contributed by atoms with Gasteiger partial charge in [0.1, 0.15) is 22.7 Å². The number of nitrogens with one attached hydrogen (secondary N) is 1. The molecule has 0 amide bonds. The predicted octanol–water partition coefficient (Wildman–Crippen LogP) is 1.96. The third-order valence-electron chi connectivity index (χ3n) is 3.82. The van der Waals surface area contributed by atoms with Gasteiger partial charge in [0, 0.05) is 24.9 Å². The van der Waals surface area contributed by atoms with Crippen molar-refractivity contribution < 1.29 is 4.39 Å². The molecule has 1 N–H and O–H groups in total. The van der Waals surface area contributed by atoms with Crippen LogP contribution in [0.15, 0.2) is 41.5 Å². The molecule has 1 aromatic carbocycles. The largest absolute Gasteiger partial charge is 0.275 e. The van der Waals surface area contributed by atoms with Gasteiger partial charge in [0.25, 0.3) is 5.56 Å². The van der Waals surface area contributed by atoms with Gasteiger partial charge in [-0.15, -0.1) is 0 Å². The Bertz CT molecular complexity index is 1100. The van der Waals surface area contributed by atoms with Crippen LogP contribution >= 0.6 is 0 Å². The van der Waals surface area contributed by atoms with E-state index in [2.05, 4.69) is 20.4 Å². The molecule has 8 heteroatoms. The van der Waals surface area contributed by atoms with Crippen molar-refractivity contribution in [2.24, 2.45) is 7.05 Å². The molecule has 0 fully saturated rings. The maximum absolute atomic E-state index is 14.2. The highest BCUT2D eigenvalue weighted by Crippen LogP contribution is 2.24. The molecule has 7 nitrogen and oxygen atoms in total. The second kappa shape index (κ2) is 5.12. The van der Waals surface area contributed by atoms with Gasteiger partial charge in [0.05, 0.1) is 11.7 Å². The number of nitrogens with zero attached hydrogens (tertiary/aromatic N) is 5. The highest BCUT2D eigenvalue weighted by atomic mass is 19.1. The number of aromatic nitrogens is 6. The standard InChI is InChI=1S/C16H13FN6O/c1-9-4-3-5-11(17)16(9)23-13(24)6-12-15(21-23)14(20-19-12)10-7-18-22(2)8-10/h3-8,19H,1-2H3. The zero-order chi connectivity index (χ0) is 16.8. The normalized spacial score (nSPS) is 11.3. The summed E-state index contributed by atoms with van der Waals surface area (Å²) in [5.41, 5.74) is 2.61. The highest BCUT2D eigenvalue weighted by molar-refractivity contribution is 5.88. The Morgan fingerprint density at radius 1 is 1.29 bits per heavy atom. The van der Waals surface area contributed by atoms with Crippen LogP contribution in [-0.4, -0.2) is 29.8 Å². The smallest absolute Gasteiger partial charge is 0.273 e. The second-order valence-corrected chi connectivity index (χ2v) is 5.54. The molecule has 120 valence electrons. The fraction of sp³-hybridized carbons (Fsp3) is 0.125. The van der Waals surface area contributed by atoms with Crippen LogP contribution in [-0.2, 0) is 7.05 Å². The number of para-hydroxylation sites is 1. The highest BCUT2D eigenvalue weighted by Gasteiger charge is 2.16. The van der Waals surface area contributed by atoms with Gasteiger partial charge in [0.15, 0.2) is 0 Å². The third kappa shape index (κ3) is 2.11. The van der Waals surface area contributed by atoms with E-state index in [1.165, 1.54) is 12.1 Å². The van der Waals surface area contributed by atoms with Gasteiger partial charge in [0.2, 0.25) is 0 Å². The lowest BCUT2D eigenvalue weighted by molar-refractivity contribution is 0.605. The second-order valence-electron chi connectivity index (χ2n) is 5.54. The van der Waals surface area contributed by atoms with Gasteiger partial charge in [-0.05, 0) is 18.6 Å². The number of H-pyrrole nitrogens is 1. The summed E-state index contributed by atoms with van der Waals surface area (Å²) in [4.78, 5) is 12.4. The van der Waals surface area contributed by atoms with Gasteiger partial charge < -0.3 is 0 Å². The van der Waals surface area contributed by atoms with Gasteiger partial charge in [-0.1, -0.05) is 12.1 Å². The van der Waals surface area contributed by atoms with Crippen molar-refractivity contribution in [3.63, 3.8) is 0 Å². The average Bonchev–Trinajstić information content (AvgIpc) is 3.13. The van der Waals surface area contributed by atoms with Crippen LogP contribution in [0.5, 0.6) is 0 Å². The van der Waals surface area contributed by atoms with E-state index < -0.39 is 11.4 Å². The number of rotatable bonds is 2. The maximum Gasteiger partial charge on any atom is 0.273 e. The van der Waals surface area contributed by atoms with Crippen LogP contribution < -0.4 is 5.56 Å². The van der Waals surface area contributed by atoms with Gasteiger partial charge in [-0.2, -0.15) is 20.0 Å². The molecule has 0 aliphatic heterocycles. The quantitative estimate of drug-likeness (QED) is 0.611. The minimum absolute atomic E-state index is 0.141. The van der Waals surface area contributed by atoms with E-state index in [0.29, 0.717) is 22.3 Å². The fourth-order valence-electron chi connectivity index (χ4n) is 2.68. The Morgan fingerprint density at radius 3 is 2.83 bits per heavy atom. The molecule has 0 aliphatic rings. The molecule has 4 rings (SSSR count). The number of hydrogen-bond donors (Lipinski definition) is 1. The van der Waals surface area contributed by atoms with Crippen molar-refractivity contribution >= 4 is 11.0 Å². The summed E-state index contributed by atoms with van der Waals surface area (Å²) < 4.78 is 17.0. The van der Waals surface area contributed by atoms with Crippen LogP contribution in [0.4, 0.5) is 4.39 Å². The monoisotopic (exact) mass is 324 g/mol. The maximum atomic E-state index is 14.2. The van der Waals surface area contributed by atoms with Crippen molar-refractivity contribution in [3.05, 3.63) is 58.4 Å². The molecule has 24 heavy (non-hydrogen) atoms. The van der Waals surface area contributed by atoms with E-state index >= 15 is 0 Å². The first-order chi connectivity index (χ1) is 11.5. The summed E-state index contributed by atoms with van der Waals surface area (Å²) in [6.45, 7) is 1.73. The third-order valence-corrected chi connectivity index (χ3v) is 3.82. The van der Waals surface area contributed by atoms with Gasteiger partial charge in [-0.3, -0.25) is 14.6 Å². The van der Waals surface area contributed by atoms with Crippen LogP contribution in [0.1, 0.15) is 5.56 Å². The van der Waals surface area contributed by atoms with E-state index in [4.69, 9.17) is 0 Å². The number of fused-ring (bicyclic) bond motifs is 1. The van der Waals surface area contributed by atoms with Crippen LogP contribution in [0, 0.1) is 12.7 Å². The molecular formula is C16H13FN6O. The molecule has 0 unspecified atom stereocenters. The van der Waals surface area contributed by atoms with Crippen molar-refractivity contribution in [3.8, 4) is 16.9 Å². The molecular weight excluding hydrogens is 311 g/mol. The Balaban J connectivity index is 2.01. The Morgan fingerprint density at radius 2 is 2.12 bits per heavy atom. The number of aryl methyl sites for hydroxylation is 2. The summed E-state index contributed by atoms with van der Waals surface area (Å²) in [7, 11) is 1.80. The zero-order valence-corrected chi connectivity index (χ0v) is 13.0. The molecule has 4 aromatic rings. The van der Waals surface area contributed by atoms with E-state index in [1.807, 2.05) is 0 Å². The Labute approximate surface area is 135 Å². The van der Waals surface area contributed by atoms with E-state index in [1.54, 1.807) is 43.2 Å². The molecule has 0 aliphatic carbocycles. The minimum Gasteiger partial charge on any atom is -0.275 e. The summed E-state index contributed by atoms with van der Waals surface area (Å²) in [5.74, 6) is -0.504. The number of aromatic amines is 1. The van der Waals surface area contributed by atoms with Crippen LogP contribution in [0.25, 0.3) is 28.0 Å². The van der Waals surface area contributed by atoms with Crippen molar-refractivity contribution in [2.45, 2.75) is 6.92 Å². The van der Waals surface area contributed by atoms with Crippen molar-refractivity contribution in [2.75, 3.05) is 0 Å². The van der Waals surface area contributed by atoms with E-state index in [9.17, 15) is 9.18 Å². The fourth-order valence-corrected chi connectivity index (χ4v) is 2.68. The van der Waals surface area contributed by atoms with Crippen molar-refractivity contribution in [1.82, 2.24) is 29.8 Å². The predicted molar refractivity (Wildman–Crippen MR) is 86.4 cm³/mol. The molecule has 0 saturated carbocycles. The molecule has 0 atom stereocenters. The number of halogens is 1. The molecule has 0 saturated heterocycles. The van der Waals surface area contributed by atoms with Gasteiger partial charge in [-0.25, -0.2) is 4.39 Å². The topological polar surface area (TPSA) is 81.4 Å². The molecule has 0 bridgehead atoms. The molecule has 3 heterocycles. The zero-order valence-electron chi connectivity index (χ0n) is 13.0. The van der Waals surface area contributed by atoms with Crippen molar-refractivity contribution in [1.29, 1.82) is 0 Å². The first kappa shape index (κ1) is 14.3. The summed E-state index contributed by atoms with van der Waals surface area (Å²) in [6.07, 6.45) is 3.45. The first-order valence-electron chi connectivity index (χ1n) is 7.27. The summed E-state index contributed by atoms with van der Waals surface area (Å²) in [6, 6.07) is 5.99. The van der Waals surface area contributed by atoms with Crippen LogP contribution in [0.2, 0.25) is 0 Å². The average molecular weight is 324 g/mol. The minimum atomic E-state index is -0.504. The molecule has 0 radical (unpaired) electrons. The lowest BCUT2D eigenvalue weighted by Gasteiger charge is -2.08. The number of benzene rings is 1. The SMILES string of the molecule is Cc1cccc(F)c1-n1nc2c(-c3cnn(C)c3)n[nH]c2cc1=O. The summed E-state index contributed by atoms with van der Waals surface area (Å²) in [5, 5.41) is 15.5. The molecule has 3 aromatic heterocycles. The van der Waals surface area contributed by atoms with E-state index in [-0.39, 0.29) is 5.69 Å². The first-order valence-corrected chi connectivity index (χ1v) is 7.27. The van der Waals surface area contributed by atoms with Crippen LogP contribution in [0.3, 0.4) is 0 Å². The lowest BCUT2D eigenvalue weighted by Crippen LogP contribution is -2.22. The van der Waals surface area contributed by atoms with E-state index in [0.717, 1.165) is 10.2 Å². The summed E-state index contributed by atoms with van der Waals surface area (Å²) >= 11 is 0. The Kier molecular flexibility index (Phi) is 3.05. The van der Waals surface area contributed by atoms with Gasteiger partial charge >= 0.3 is 0 Å². The lowest BCUT2D eigenvalue weighted by atomic mass is 10.2.